The molecule has 0 radical (unpaired) electrons. The molecule has 2 aliphatic carbocycles. The van der Waals surface area contributed by atoms with Crippen molar-refractivity contribution in [3.8, 4) is 11.1 Å². The van der Waals surface area contributed by atoms with Crippen LogP contribution in [0.15, 0.2) is 64.0 Å². The van der Waals surface area contributed by atoms with E-state index in [9.17, 15) is 0 Å². The second-order valence-corrected chi connectivity index (χ2v) is 33.4. The molecular formula is C24H32Cl2SiZr. The van der Waals surface area contributed by atoms with Crippen LogP contribution in [0.5, 0.6) is 0 Å². The summed E-state index contributed by atoms with van der Waals surface area (Å²) in [6.07, 6.45) is 12.2. The molecule has 0 bridgehead atoms. The van der Waals surface area contributed by atoms with Gasteiger partial charge in [0, 0.05) is 0 Å². The van der Waals surface area contributed by atoms with E-state index in [-0.39, 0.29) is 24.8 Å². The maximum atomic E-state index is 2.54. The van der Waals surface area contributed by atoms with E-state index < -0.39 is 17.4 Å². The molecule has 2 aliphatic rings. The minimum Gasteiger partial charge on any atom is -0.147 e. The van der Waals surface area contributed by atoms with Gasteiger partial charge in [-0.2, -0.15) is 0 Å². The van der Waals surface area contributed by atoms with Crippen LogP contribution in [0.1, 0.15) is 44.2 Å². The van der Waals surface area contributed by atoms with Gasteiger partial charge in [0.15, 0.2) is 0 Å². The van der Waals surface area contributed by atoms with E-state index in [1.54, 1.807) is 8.83 Å². The summed E-state index contributed by atoms with van der Waals surface area (Å²) in [5.74, 6) is 0. The second-order valence-electron chi connectivity index (χ2n) is 8.43. The van der Waals surface area contributed by atoms with E-state index >= 15 is 0 Å². The Morgan fingerprint density at radius 1 is 0.893 bits per heavy atom. The fourth-order valence-corrected chi connectivity index (χ4v) is 30.5. The number of fused-ring (bicyclic) bond motifs is 3. The van der Waals surface area contributed by atoms with Crippen molar-refractivity contribution in [1.29, 1.82) is 0 Å². The van der Waals surface area contributed by atoms with Crippen molar-refractivity contribution in [1.82, 2.24) is 0 Å². The molecule has 4 heteroatoms. The smallest absolute Gasteiger partial charge is 0.147 e. The normalized spacial score (nSPS) is 14.6. The standard InChI is InChI=1S/C13H9.C5H5.2C3H7.2ClH.H2Si.Zr/c1-3-7-12-10(5-1)9-11-6-2-4-8-13(11)12;1-2-4-5-3-1;2*1-3-2;;;;/h1-5,7-8H,9H2;1-3H,4H2;2*1,3H2,2H3;2*1H;1H2;. The molecular weight excluding hydrogens is 478 g/mol. The van der Waals surface area contributed by atoms with Gasteiger partial charge in [0.25, 0.3) is 0 Å². The molecule has 0 nitrogen and oxygen atoms in total. The van der Waals surface area contributed by atoms with Crippen molar-refractivity contribution in [3.05, 3.63) is 75.1 Å². The Labute approximate surface area is 185 Å². The Balaban J connectivity index is 0.00000140. The van der Waals surface area contributed by atoms with E-state index in [1.807, 2.05) is 3.28 Å². The molecule has 0 saturated heterocycles. The molecule has 4 rings (SSSR count). The molecule has 150 valence electrons. The first-order chi connectivity index (χ1) is 12.6. The monoisotopic (exact) mass is 508 g/mol. The molecule has 0 aliphatic heterocycles. The van der Waals surface area contributed by atoms with Gasteiger partial charge < -0.3 is 0 Å². The van der Waals surface area contributed by atoms with Gasteiger partial charge in [-0.15, -0.1) is 24.8 Å². The number of hydrogen-bond acceptors (Lipinski definition) is 0. The van der Waals surface area contributed by atoms with Gasteiger partial charge >= 0.3 is 162 Å². The zero-order chi connectivity index (χ0) is 18.2. The van der Waals surface area contributed by atoms with Crippen molar-refractivity contribution in [3.63, 3.8) is 0 Å². The minimum atomic E-state index is -3.24. The number of rotatable bonds is 6. The largest absolute Gasteiger partial charge is 0.147 e. The third-order valence-electron chi connectivity index (χ3n) is 6.88. The van der Waals surface area contributed by atoms with Gasteiger partial charge in [0.1, 0.15) is 0 Å². The predicted molar refractivity (Wildman–Crippen MR) is 129 cm³/mol. The average molecular weight is 511 g/mol. The zero-order valence-electron chi connectivity index (χ0n) is 17.0. The summed E-state index contributed by atoms with van der Waals surface area (Å²) >= 11 is -3.24. The molecule has 0 atom stereocenters. The molecule has 0 fully saturated rings. The predicted octanol–water partition coefficient (Wildman–Crippen LogP) is 6.46. The Morgan fingerprint density at radius 2 is 1.57 bits per heavy atom. The van der Waals surface area contributed by atoms with Gasteiger partial charge in [-0.25, -0.2) is 0 Å². The first-order valence-corrected chi connectivity index (χ1v) is 22.1. The summed E-state index contributed by atoms with van der Waals surface area (Å²) in [6, 6.07) is 16.3. The van der Waals surface area contributed by atoms with Crippen LogP contribution in [-0.4, -0.2) is 6.88 Å². The SMILES string of the molecule is CC[CH2][Zr](=[SiH2])([CH2]CC)([C]1=CC=CC1)[c]1cccc2c1Cc1ccccc1-2.Cl.Cl. The topological polar surface area (TPSA) is 0 Å². The van der Waals surface area contributed by atoms with Crippen molar-refractivity contribution < 1.29 is 17.4 Å². The van der Waals surface area contributed by atoms with Crippen LogP contribution in [0, 0.1) is 0 Å². The summed E-state index contributed by atoms with van der Waals surface area (Å²) < 4.78 is 6.51. The molecule has 2 aromatic rings. The summed E-state index contributed by atoms with van der Waals surface area (Å²) in [7, 11) is 0. The Kier molecular flexibility index (Phi) is 7.82. The van der Waals surface area contributed by atoms with Crippen LogP contribution in [0.25, 0.3) is 11.1 Å². The quantitative estimate of drug-likeness (QED) is 0.334. The van der Waals surface area contributed by atoms with Crippen LogP contribution < -0.4 is 3.27 Å². The Hall–Kier alpha value is -0.400. The first kappa shape index (κ1) is 23.9. The zero-order valence-corrected chi connectivity index (χ0v) is 22.5. The van der Waals surface area contributed by atoms with E-state index in [0.29, 0.717) is 0 Å². The van der Waals surface area contributed by atoms with Gasteiger partial charge in [0.05, 0.1) is 0 Å². The van der Waals surface area contributed by atoms with E-state index in [4.69, 9.17) is 0 Å². The van der Waals surface area contributed by atoms with Gasteiger partial charge in [0.2, 0.25) is 0 Å². The van der Waals surface area contributed by atoms with Gasteiger partial charge in [-0.05, 0) is 0 Å². The van der Waals surface area contributed by atoms with Crippen LogP contribution in [0.4, 0.5) is 0 Å². The van der Waals surface area contributed by atoms with Crippen LogP contribution in [0.2, 0.25) is 8.26 Å². The summed E-state index contributed by atoms with van der Waals surface area (Å²) in [5.41, 5.74) is 6.18. The average Bonchev–Trinajstić information content (AvgIpc) is 3.30. The molecule has 28 heavy (non-hydrogen) atoms. The fourth-order valence-electron chi connectivity index (χ4n) is 5.80. The van der Waals surface area contributed by atoms with Crippen molar-refractivity contribution in [2.24, 2.45) is 0 Å². The molecule has 0 heterocycles. The van der Waals surface area contributed by atoms with Gasteiger partial charge in [-0.3, -0.25) is 0 Å². The second kappa shape index (κ2) is 9.17. The number of benzene rings is 2. The molecule has 0 spiro atoms. The van der Waals surface area contributed by atoms with Crippen LogP contribution >= 0.6 is 24.8 Å². The summed E-state index contributed by atoms with van der Waals surface area (Å²) in [4.78, 5) is 0. The van der Waals surface area contributed by atoms with E-state index in [0.717, 1.165) is 6.42 Å². The molecule has 0 N–H and O–H groups in total. The molecule has 2 aromatic carbocycles. The number of hydrogen-bond donors (Lipinski definition) is 0. The minimum absolute atomic E-state index is 0. The molecule has 0 amide bonds. The molecule has 0 saturated carbocycles. The van der Waals surface area contributed by atoms with Crippen molar-refractivity contribution >= 4 is 35.0 Å². The Bertz CT molecular complexity index is 978. The summed E-state index contributed by atoms with van der Waals surface area (Å²) in [6.45, 7) is 7.29. The van der Waals surface area contributed by atoms with Crippen molar-refractivity contribution in [2.75, 3.05) is 0 Å². The van der Waals surface area contributed by atoms with E-state index in [2.05, 4.69) is 81.4 Å². The maximum Gasteiger partial charge on any atom is -0.147 e. The first-order valence-electron chi connectivity index (χ1n) is 10.2. The fraction of sp³-hybridized carbons (Fsp3) is 0.333. The van der Waals surface area contributed by atoms with Crippen LogP contribution in [0.3, 0.4) is 0 Å². The van der Waals surface area contributed by atoms with Crippen LogP contribution in [-0.2, 0) is 23.8 Å². The van der Waals surface area contributed by atoms with Crippen molar-refractivity contribution in [2.45, 2.75) is 47.8 Å². The molecule has 0 unspecified atom stereocenters. The third kappa shape index (κ3) is 3.60. The summed E-state index contributed by atoms with van der Waals surface area (Å²) in [5, 5.41) is 0. The van der Waals surface area contributed by atoms with E-state index in [1.165, 1.54) is 44.2 Å². The third-order valence-corrected chi connectivity index (χ3v) is 34.1. The van der Waals surface area contributed by atoms with Gasteiger partial charge in [-0.1, -0.05) is 0 Å². The molecule has 0 aromatic heterocycles. The maximum absolute atomic E-state index is 3.24. The number of allylic oxidation sites excluding steroid dienone is 4. The Morgan fingerprint density at radius 3 is 2.21 bits per heavy atom. The number of halogens is 2.